The minimum Gasteiger partial charge on any atom is -0.403 e. The molecule has 0 N–H and O–H groups in total. The van der Waals surface area contributed by atoms with E-state index in [4.69, 9.17) is 0 Å². The molecule has 0 saturated carbocycles. The van der Waals surface area contributed by atoms with E-state index in [1.165, 1.54) is 12.1 Å². The number of thiophene rings is 1. The number of alkyl halides is 6. The Hall–Kier alpha value is -6.94. The number of halogens is 8. The highest BCUT2D eigenvalue weighted by atomic mass is 32.1. The maximum Gasteiger partial charge on any atom is 0.573 e. The molecular weight excluding hydrogens is 728 g/mol. The molecule has 4 aromatic carbocycles. The van der Waals surface area contributed by atoms with Crippen LogP contribution in [0.1, 0.15) is 20.9 Å². The van der Waals surface area contributed by atoms with Crippen molar-refractivity contribution in [1.82, 2.24) is 0 Å². The number of hydrogen-bond donors (Lipinski definition) is 0. The van der Waals surface area contributed by atoms with Crippen molar-refractivity contribution in [3.63, 3.8) is 0 Å². The molecule has 5 aromatic rings. The molecule has 258 valence electrons. The Balaban J connectivity index is 1.40. The number of nitrogens with zero attached hydrogens (tertiary/aromatic N) is 4. The second-order valence-corrected chi connectivity index (χ2v) is 12.4. The molecule has 0 saturated heterocycles. The zero-order valence-corrected chi connectivity index (χ0v) is 26.8. The van der Waals surface area contributed by atoms with Crippen molar-refractivity contribution in [2.24, 2.45) is 0 Å². The first kappa shape index (κ1) is 34.5. The smallest absolute Gasteiger partial charge is 0.403 e. The van der Waals surface area contributed by atoms with E-state index in [0.29, 0.717) is 54.3 Å². The Labute approximate surface area is 297 Å². The first-order valence-electron chi connectivity index (χ1n) is 14.8. The first-order valence-corrected chi connectivity index (χ1v) is 15.6. The molecule has 53 heavy (non-hydrogen) atoms. The van der Waals surface area contributed by atoms with E-state index in [1.54, 1.807) is 36.4 Å². The maximum atomic E-state index is 14.7. The summed E-state index contributed by atoms with van der Waals surface area (Å²) < 4.78 is 113. The topological polar surface area (TPSA) is 114 Å². The fourth-order valence-electron chi connectivity index (χ4n) is 6.38. The highest BCUT2D eigenvalue weighted by Crippen LogP contribution is 2.61. The summed E-state index contributed by atoms with van der Waals surface area (Å²) in [4.78, 5) is 0.898. The summed E-state index contributed by atoms with van der Waals surface area (Å²) in [5, 5.41) is 39.9. The van der Waals surface area contributed by atoms with Gasteiger partial charge in [0.2, 0.25) is 0 Å². The van der Waals surface area contributed by atoms with E-state index in [9.17, 15) is 56.2 Å². The lowest BCUT2D eigenvalue weighted by Crippen LogP contribution is -2.17. The minimum atomic E-state index is -5.12. The summed E-state index contributed by atoms with van der Waals surface area (Å²) in [5.74, 6) is -4.63. The van der Waals surface area contributed by atoms with Crippen LogP contribution in [0.2, 0.25) is 0 Å². The maximum absolute atomic E-state index is 14.7. The Morgan fingerprint density at radius 3 is 1.15 bits per heavy atom. The number of nitriles is 4. The molecule has 7 rings (SSSR count). The van der Waals surface area contributed by atoms with Crippen molar-refractivity contribution in [2.45, 2.75) is 12.7 Å². The van der Waals surface area contributed by atoms with Gasteiger partial charge < -0.3 is 9.47 Å². The molecule has 0 radical (unpaired) electrons. The molecule has 0 fully saturated rings. The molecule has 0 atom stereocenters. The second kappa shape index (κ2) is 12.4. The third-order valence-electron chi connectivity index (χ3n) is 8.41. The molecule has 1 aromatic heterocycles. The molecule has 0 aliphatic heterocycles. The fraction of sp³-hybridized carbons (Fsp3) is 0.0526. The van der Waals surface area contributed by atoms with E-state index in [2.05, 4.69) is 9.47 Å². The van der Waals surface area contributed by atoms with Gasteiger partial charge in [0.15, 0.2) is 23.1 Å². The van der Waals surface area contributed by atoms with Crippen molar-refractivity contribution < 1.29 is 44.6 Å². The van der Waals surface area contributed by atoms with Crippen molar-refractivity contribution in [3.8, 4) is 80.3 Å². The number of fused-ring (bicyclic) bond motifs is 7. The molecule has 1 heterocycles. The largest absolute Gasteiger partial charge is 0.573 e. The Morgan fingerprint density at radius 1 is 0.491 bits per heavy atom. The lowest BCUT2D eigenvalue weighted by molar-refractivity contribution is -0.276. The van der Waals surface area contributed by atoms with Crippen molar-refractivity contribution in [1.29, 1.82) is 21.0 Å². The number of rotatable bonds is 4. The SMILES string of the molecule is N#CC(C#N)=C1c2cc(-c3ccc(OC(F)(F)F)c(F)c3)ccc2-c2c1sc1c2-c2ccc(-c3ccc(OC(F)(F)F)c(F)c3)cc2C1=C(C#N)C#N. The molecule has 2 aliphatic carbocycles. The van der Waals surface area contributed by atoms with Gasteiger partial charge in [-0.15, -0.1) is 37.7 Å². The lowest BCUT2D eigenvalue weighted by atomic mass is 9.94. The second-order valence-electron chi connectivity index (χ2n) is 11.4. The molecule has 6 nitrogen and oxygen atoms in total. The summed E-state index contributed by atoms with van der Waals surface area (Å²) in [6.07, 6.45) is -10.2. The van der Waals surface area contributed by atoms with E-state index in [-0.39, 0.29) is 33.4 Å². The van der Waals surface area contributed by atoms with Crippen LogP contribution in [0.25, 0.3) is 55.7 Å². The average Bonchev–Trinajstić information content (AvgIpc) is 3.72. The summed E-state index contributed by atoms with van der Waals surface area (Å²) >= 11 is 1.09. The van der Waals surface area contributed by atoms with Gasteiger partial charge in [0.25, 0.3) is 0 Å². The van der Waals surface area contributed by atoms with Crippen LogP contribution < -0.4 is 9.47 Å². The van der Waals surface area contributed by atoms with E-state index in [0.717, 1.165) is 35.6 Å². The van der Waals surface area contributed by atoms with Crippen molar-refractivity contribution in [3.05, 3.63) is 116 Å². The van der Waals surface area contributed by atoms with Crippen LogP contribution in [0.3, 0.4) is 0 Å². The first-order chi connectivity index (χ1) is 25.2. The highest BCUT2D eigenvalue weighted by molar-refractivity contribution is 7.16. The van der Waals surface area contributed by atoms with Gasteiger partial charge in [-0.3, -0.25) is 0 Å². The summed E-state index contributed by atoms with van der Waals surface area (Å²) in [7, 11) is 0. The van der Waals surface area contributed by atoms with Gasteiger partial charge >= 0.3 is 12.7 Å². The molecule has 15 heteroatoms. The number of hydrogen-bond acceptors (Lipinski definition) is 7. The number of allylic oxidation sites excluding steroid dienone is 2. The van der Waals surface area contributed by atoms with Crippen LogP contribution >= 0.6 is 11.3 Å². The van der Waals surface area contributed by atoms with E-state index >= 15 is 0 Å². The van der Waals surface area contributed by atoms with Crippen LogP contribution in [0.15, 0.2) is 83.9 Å². The minimum absolute atomic E-state index is 0.167. The van der Waals surface area contributed by atoms with Crippen molar-refractivity contribution >= 4 is 22.5 Å². The molecule has 0 amide bonds. The highest BCUT2D eigenvalue weighted by Gasteiger charge is 2.40. The third kappa shape index (κ3) is 5.89. The molecule has 0 unspecified atom stereocenters. The zero-order valence-electron chi connectivity index (χ0n) is 26.0. The zero-order chi connectivity index (χ0) is 38.0. The van der Waals surface area contributed by atoms with Crippen LogP contribution in [0, 0.1) is 57.0 Å². The van der Waals surface area contributed by atoms with Crippen LogP contribution in [-0.4, -0.2) is 12.7 Å². The lowest BCUT2D eigenvalue weighted by Gasteiger charge is -2.12. The van der Waals surface area contributed by atoms with E-state index in [1.807, 2.05) is 24.3 Å². The Morgan fingerprint density at radius 2 is 0.830 bits per heavy atom. The molecule has 0 bridgehead atoms. The third-order valence-corrected chi connectivity index (χ3v) is 9.63. The quantitative estimate of drug-likeness (QED) is 0.131. The molecule has 0 spiro atoms. The monoisotopic (exact) mass is 740 g/mol. The Bertz CT molecular complexity index is 2470. The summed E-state index contributed by atoms with van der Waals surface area (Å²) in [5.41, 5.74) is 3.75. The molecular formula is C38H12F8N4O2S. The van der Waals surface area contributed by atoms with Gasteiger partial charge in [-0.1, -0.05) is 36.4 Å². The van der Waals surface area contributed by atoms with Gasteiger partial charge in [0, 0.05) is 32.0 Å². The standard InChI is InChI=1S/C38H12F8N4O2S/c39-27-11-19(3-7-29(27)51-37(41,42)43)17-1-5-23-25(9-17)31(21(13-47)14-48)35-33(23)34-24-6-2-18(10-26(24)32(36(34)53-35)22(15-49)16-50)20-4-8-30(28(40)12-20)52-38(44,45)46/h1-12H. The van der Waals surface area contributed by atoms with Crippen LogP contribution in [-0.2, 0) is 0 Å². The predicted molar refractivity (Wildman–Crippen MR) is 174 cm³/mol. The van der Waals surface area contributed by atoms with E-state index < -0.39 is 35.9 Å². The summed E-state index contributed by atoms with van der Waals surface area (Å²) in [6.45, 7) is 0. The van der Waals surface area contributed by atoms with Gasteiger partial charge in [-0.2, -0.15) is 21.0 Å². The fourth-order valence-corrected chi connectivity index (χ4v) is 7.85. The van der Waals surface area contributed by atoms with Gasteiger partial charge in [0.1, 0.15) is 35.4 Å². The normalized spacial score (nSPS) is 12.4. The van der Waals surface area contributed by atoms with Gasteiger partial charge in [-0.25, -0.2) is 8.78 Å². The van der Waals surface area contributed by atoms with Crippen molar-refractivity contribution in [2.75, 3.05) is 0 Å². The number of benzene rings is 4. The predicted octanol–water partition coefficient (Wildman–Crippen LogP) is 10.8. The van der Waals surface area contributed by atoms with Gasteiger partial charge in [-0.05, 0) is 80.9 Å². The van der Waals surface area contributed by atoms with Crippen LogP contribution in [0.4, 0.5) is 35.1 Å². The van der Waals surface area contributed by atoms with Gasteiger partial charge in [0.05, 0.1) is 0 Å². The molecule has 2 aliphatic rings. The summed E-state index contributed by atoms with van der Waals surface area (Å²) in [6, 6.07) is 22.8. The van der Waals surface area contributed by atoms with Crippen LogP contribution in [0.5, 0.6) is 11.5 Å². The average molecular weight is 741 g/mol. The number of ether oxygens (including phenoxy) is 2. The Kier molecular flexibility index (Phi) is 8.06.